The molecule has 0 saturated heterocycles. The van der Waals surface area contributed by atoms with Gasteiger partial charge in [-0.1, -0.05) is 37.3 Å². The summed E-state index contributed by atoms with van der Waals surface area (Å²) in [6, 6.07) is 8.96. The van der Waals surface area contributed by atoms with E-state index in [2.05, 4.69) is 5.32 Å². The van der Waals surface area contributed by atoms with Gasteiger partial charge in [-0.15, -0.1) is 11.6 Å². The fraction of sp³-hybridized carbons (Fsp3) is 0.533. The van der Waals surface area contributed by atoms with Crippen LogP contribution in [-0.2, 0) is 15.6 Å². The molecule has 0 aliphatic heterocycles. The Morgan fingerprint density at radius 2 is 2.09 bits per heavy atom. The average molecular weight is 363 g/mol. The molecule has 6 nitrogen and oxygen atoms in total. The second-order valence-corrected chi connectivity index (χ2v) is 7.35. The van der Waals surface area contributed by atoms with Gasteiger partial charge in [-0.2, -0.15) is 0 Å². The van der Waals surface area contributed by atoms with Crippen LogP contribution in [0, 0.1) is 0 Å². The molecule has 130 valence electrons. The third kappa shape index (κ3) is 7.84. The van der Waals surface area contributed by atoms with E-state index in [0.29, 0.717) is 13.0 Å². The molecular weight excluding hydrogens is 339 g/mol. The highest BCUT2D eigenvalue weighted by Crippen LogP contribution is 2.44. The van der Waals surface area contributed by atoms with Crippen molar-refractivity contribution in [3.8, 4) is 0 Å². The Kier molecular flexibility index (Phi) is 8.63. The highest BCUT2D eigenvalue weighted by molar-refractivity contribution is 7.52. The summed E-state index contributed by atoms with van der Waals surface area (Å²) in [7, 11) is -3.89. The van der Waals surface area contributed by atoms with Crippen LogP contribution in [0.4, 0.5) is 4.79 Å². The summed E-state index contributed by atoms with van der Waals surface area (Å²) >= 11 is 5.69. The van der Waals surface area contributed by atoms with Crippen molar-refractivity contribution in [2.24, 2.45) is 0 Å². The van der Waals surface area contributed by atoms with E-state index in [4.69, 9.17) is 16.1 Å². The lowest BCUT2D eigenvalue weighted by atomic mass is 10.2. The van der Waals surface area contributed by atoms with Gasteiger partial charge in [0.15, 0.2) is 0 Å². The van der Waals surface area contributed by atoms with Crippen LogP contribution < -0.4 is 5.32 Å². The van der Waals surface area contributed by atoms with Crippen molar-refractivity contribution in [3.63, 3.8) is 0 Å². The van der Waals surface area contributed by atoms with Gasteiger partial charge in [0.2, 0.25) is 0 Å². The molecule has 1 aromatic rings. The van der Waals surface area contributed by atoms with E-state index in [0.717, 1.165) is 5.56 Å². The zero-order valence-electron chi connectivity index (χ0n) is 13.4. The van der Waals surface area contributed by atoms with Crippen molar-refractivity contribution in [3.05, 3.63) is 35.9 Å². The van der Waals surface area contributed by atoms with Gasteiger partial charge in [-0.05, 0) is 18.9 Å². The molecule has 2 unspecified atom stereocenters. The second kappa shape index (κ2) is 9.93. The van der Waals surface area contributed by atoms with Crippen LogP contribution in [0.5, 0.6) is 0 Å². The SMILES string of the molecule is CCC(C)OP(=O)(O)CN(CCCl)C(=O)NCc1ccccc1. The molecule has 0 saturated carbocycles. The summed E-state index contributed by atoms with van der Waals surface area (Å²) < 4.78 is 17.2. The van der Waals surface area contributed by atoms with Crippen molar-refractivity contribution in [1.29, 1.82) is 0 Å². The number of hydrogen-bond donors (Lipinski definition) is 2. The maximum Gasteiger partial charge on any atom is 0.347 e. The number of urea groups is 1. The van der Waals surface area contributed by atoms with E-state index in [1.165, 1.54) is 4.90 Å². The molecule has 0 aromatic heterocycles. The maximum atomic E-state index is 12.2. The molecule has 1 aromatic carbocycles. The zero-order valence-corrected chi connectivity index (χ0v) is 15.1. The fourth-order valence-electron chi connectivity index (χ4n) is 1.83. The predicted octanol–water partition coefficient (Wildman–Crippen LogP) is 3.40. The Morgan fingerprint density at radius 3 is 2.65 bits per heavy atom. The molecule has 0 spiro atoms. The number of nitrogens with zero attached hydrogens (tertiary/aromatic N) is 1. The van der Waals surface area contributed by atoms with Gasteiger partial charge < -0.3 is 19.6 Å². The van der Waals surface area contributed by atoms with Crippen molar-refractivity contribution in [2.75, 3.05) is 18.7 Å². The van der Waals surface area contributed by atoms with Crippen molar-refractivity contribution >= 4 is 25.2 Å². The number of hydrogen-bond acceptors (Lipinski definition) is 3. The Bertz CT molecular complexity index is 529. The number of carbonyl (C=O) groups excluding carboxylic acids is 1. The number of benzene rings is 1. The standard InChI is InChI=1S/C15H24ClN2O4P/c1-3-13(2)22-23(20,21)12-18(10-9-16)15(19)17-11-14-7-5-4-6-8-14/h4-8,13H,3,9-12H2,1-2H3,(H,17,19)(H,20,21). The predicted molar refractivity (Wildman–Crippen MR) is 91.6 cm³/mol. The molecule has 0 heterocycles. The van der Waals surface area contributed by atoms with Crippen LogP contribution in [0.3, 0.4) is 0 Å². The van der Waals surface area contributed by atoms with Gasteiger partial charge in [-0.3, -0.25) is 4.57 Å². The molecule has 0 bridgehead atoms. The second-order valence-electron chi connectivity index (χ2n) is 5.20. The van der Waals surface area contributed by atoms with E-state index < -0.39 is 13.6 Å². The molecule has 2 atom stereocenters. The van der Waals surface area contributed by atoms with E-state index in [1.54, 1.807) is 6.92 Å². The minimum atomic E-state index is -3.89. The topological polar surface area (TPSA) is 78.9 Å². The first-order valence-corrected chi connectivity index (χ1v) is 9.80. The number of amides is 2. The number of rotatable bonds is 9. The van der Waals surface area contributed by atoms with Gasteiger partial charge in [0.1, 0.15) is 6.29 Å². The van der Waals surface area contributed by atoms with E-state index in [-0.39, 0.29) is 24.8 Å². The van der Waals surface area contributed by atoms with Gasteiger partial charge in [-0.25, -0.2) is 4.79 Å². The molecule has 0 fully saturated rings. The molecule has 1 rings (SSSR count). The Balaban J connectivity index is 2.62. The average Bonchev–Trinajstić information content (AvgIpc) is 2.52. The summed E-state index contributed by atoms with van der Waals surface area (Å²) in [6.07, 6.45) is -0.124. The minimum Gasteiger partial charge on any atom is -0.334 e. The lowest BCUT2D eigenvalue weighted by molar-refractivity contribution is 0.169. The minimum absolute atomic E-state index is 0.163. The lowest BCUT2D eigenvalue weighted by Gasteiger charge is -2.25. The summed E-state index contributed by atoms with van der Waals surface area (Å²) in [5, 5.41) is 2.71. The fourth-order valence-corrected chi connectivity index (χ4v) is 3.51. The summed E-state index contributed by atoms with van der Waals surface area (Å²) in [5.41, 5.74) is 0.940. The smallest absolute Gasteiger partial charge is 0.334 e. The first kappa shape index (κ1) is 20.0. The van der Waals surface area contributed by atoms with Gasteiger partial charge in [0.05, 0.1) is 6.10 Å². The van der Waals surface area contributed by atoms with Gasteiger partial charge >= 0.3 is 13.6 Å². The molecule has 2 N–H and O–H groups in total. The number of alkyl halides is 1. The first-order chi connectivity index (χ1) is 10.9. The highest BCUT2D eigenvalue weighted by atomic mass is 35.5. The van der Waals surface area contributed by atoms with Crippen LogP contribution in [0.2, 0.25) is 0 Å². The third-order valence-electron chi connectivity index (χ3n) is 3.20. The largest absolute Gasteiger partial charge is 0.347 e. The van der Waals surface area contributed by atoms with Crippen molar-refractivity contribution in [2.45, 2.75) is 32.9 Å². The number of carbonyl (C=O) groups is 1. The maximum absolute atomic E-state index is 12.2. The van der Waals surface area contributed by atoms with Gasteiger partial charge in [0.25, 0.3) is 0 Å². The lowest BCUT2D eigenvalue weighted by Crippen LogP contribution is -2.41. The van der Waals surface area contributed by atoms with Crippen LogP contribution >= 0.6 is 19.2 Å². The van der Waals surface area contributed by atoms with Crippen molar-refractivity contribution < 1.29 is 18.8 Å². The summed E-state index contributed by atoms with van der Waals surface area (Å²) in [6.45, 7) is 4.06. The monoisotopic (exact) mass is 362 g/mol. The quantitative estimate of drug-likeness (QED) is 0.521. The molecular formula is C15H24ClN2O4P. The summed E-state index contributed by atoms with van der Waals surface area (Å²) in [5.74, 6) is 0.169. The molecule has 8 heteroatoms. The zero-order chi connectivity index (χ0) is 17.3. The van der Waals surface area contributed by atoms with Crippen LogP contribution in [0.15, 0.2) is 30.3 Å². The van der Waals surface area contributed by atoms with Crippen LogP contribution in [-0.4, -0.2) is 40.6 Å². The Labute approximate surface area is 142 Å². The van der Waals surface area contributed by atoms with E-state index in [9.17, 15) is 14.3 Å². The molecule has 23 heavy (non-hydrogen) atoms. The van der Waals surface area contributed by atoms with E-state index >= 15 is 0 Å². The molecule has 0 aliphatic carbocycles. The van der Waals surface area contributed by atoms with E-state index in [1.807, 2.05) is 37.3 Å². The molecule has 2 amide bonds. The Morgan fingerprint density at radius 1 is 1.43 bits per heavy atom. The molecule has 0 aliphatic rings. The van der Waals surface area contributed by atoms with Crippen LogP contribution in [0.1, 0.15) is 25.8 Å². The summed E-state index contributed by atoms with van der Waals surface area (Å²) in [4.78, 5) is 23.3. The van der Waals surface area contributed by atoms with Crippen molar-refractivity contribution in [1.82, 2.24) is 10.2 Å². The van der Waals surface area contributed by atoms with Gasteiger partial charge in [0, 0.05) is 19.0 Å². The highest BCUT2D eigenvalue weighted by Gasteiger charge is 2.28. The number of halogens is 1. The Hall–Kier alpha value is -1.07. The number of nitrogens with one attached hydrogen (secondary N) is 1. The normalized spacial score (nSPS) is 14.8. The first-order valence-electron chi connectivity index (χ1n) is 7.51. The van der Waals surface area contributed by atoms with Crippen LogP contribution in [0.25, 0.3) is 0 Å². The molecule has 0 radical (unpaired) electrons. The third-order valence-corrected chi connectivity index (χ3v) is 4.75.